The fraction of sp³-hybridized carbons (Fsp3) is 0.529. The molecule has 2 rings (SSSR count). The summed E-state index contributed by atoms with van der Waals surface area (Å²) < 4.78 is 5.27. The standard InChI is InChI=1S/C17H23NO4/c1-11-8-13(9-12(2)15(11)22-10-14(19)20)16(21)18-7-6-17(3)4-5-17/h8-9H,4-7,10H2,1-3H3,(H,18,21)(H,19,20). The first-order valence-electron chi connectivity index (χ1n) is 7.55. The average Bonchev–Trinajstić information content (AvgIpc) is 3.15. The monoisotopic (exact) mass is 305 g/mol. The number of rotatable bonds is 7. The Hall–Kier alpha value is -2.04. The third kappa shape index (κ3) is 4.23. The van der Waals surface area contributed by atoms with Crippen LogP contribution in [-0.2, 0) is 4.79 Å². The molecule has 0 atom stereocenters. The topological polar surface area (TPSA) is 75.6 Å². The summed E-state index contributed by atoms with van der Waals surface area (Å²) in [5, 5.41) is 11.6. The Labute approximate surface area is 130 Å². The number of nitrogens with one attached hydrogen (secondary N) is 1. The largest absolute Gasteiger partial charge is 0.481 e. The molecule has 1 aliphatic rings. The van der Waals surface area contributed by atoms with Gasteiger partial charge in [0.05, 0.1) is 0 Å². The van der Waals surface area contributed by atoms with E-state index in [1.807, 2.05) is 13.8 Å². The van der Waals surface area contributed by atoms with E-state index in [2.05, 4.69) is 12.2 Å². The van der Waals surface area contributed by atoms with E-state index in [1.54, 1.807) is 12.1 Å². The Kier molecular flexibility index (Phi) is 4.74. The fourth-order valence-electron chi connectivity index (χ4n) is 2.49. The van der Waals surface area contributed by atoms with E-state index in [0.717, 1.165) is 17.5 Å². The molecule has 1 aromatic carbocycles. The molecule has 0 saturated heterocycles. The van der Waals surface area contributed by atoms with Crippen molar-refractivity contribution in [2.75, 3.05) is 13.2 Å². The summed E-state index contributed by atoms with van der Waals surface area (Å²) >= 11 is 0. The van der Waals surface area contributed by atoms with E-state index in [0.29, 0.717) is 23.3 Å². The van der Waals surface area contributed by atoms with Crippen LogP contribution in [0.4, 0.5) is 0 Å². The molecule has 0 radical (unpaired) electrons. The van der Waals surface area contributed by atoms with Crippen molar-refractivity contribution in [3.05, 3.63) is 28.8 Å². The summed E-state index contributed by atoms with van der Waals surface area (Å²) in [5.74, 6) is -0.584. The van der Waals surface area contributed by atoms with Gasteiger partial charge in [-0.25, -0.2) is 4.79 Å². The van der Waals surface area contributed by atoms with E-state index in [1.165, 1.54) is 12.8 Å². The number of aryl methyl sites for hydroxylation is 2. The van der Waals surface area contributed by atoms with E-state index in [4.69, 9.17) is 9.84 Å². The smallest absolute Gasteiger partial charge is 0.341 e. The molecule has 0 spiro atoms. The highest BCUT2D eigenvalue weighted by molar-refractivity contribution is 5.94. The Morgan fingerprint density at radius 1 is 1.27 bits per heavy atom. The van der Waals surface area contributed by atoms with Gasteiger partial charge in [-0.1, -0.05) is 6.92 Å². The van der Waals surface area contributed by atoms with Gasteiger partial charge in [-0.2, -0.15) is 0 Å². The zero-order chi connectivity index (χ0) is 16.3. The zero-order valence-electron chi connectivity index (χ0n) is 13.4. The van der Waals surface area contributed by atoms with Crippen LogP contribution in [0.25, 0.3) is 0 Å². The molecule has 1 saturated carbocycles. The number of amides is 1. The molecule has 0 aromatic heterocycles. The van der Waals surface area contributed by atoms with E-state index in [9.17, 15) is 9.59 Å². The Morgan fingerprint density at radius 3 is 2.36 bits per heavy atom. The highest BCUT2D eigenvalue weighted by Crippen LogP contribution is 2.47. The molecule has 0 unspecified atom stereocenters. The molecule has 2 N–H and O–H groups in total. The van der Waals surface area contributed by atoms with Crippen LogP contribution in [0.15, 0.2) is 12.1 Å². The van der Waals surface area contributed by atoms with Crippen LogP contribution >= 0.6 is 0 Å². The number of hydrogen-bond donors (Lipinski definition) is 2. The summed E-state index contributed by atoms with van der Waals surface area (Å²) in [7, 11) is 0. The number of benzene rings is 1. The van der Waals surface area contributed by atoms with Gasteiger partial charge in [0.25, 0.3) is 5.91 Å². The van der Waals surface area contributed by atoms with Crippen molar-refractivity contribution in [2.45, 2.75) is 40.0 Å². The second-order valence-corrected chi connectivity index (χ2v) is 6.44. The molecular weight excluding hydrogens is 282 g/mol. The average molecular weight is 305 g/mol. The van der Waals surface area contributed by atoms with Gasteiger partial charge in [-0.15, -0.1) is 0 Å². The molecule has 1 fully saturated rings. The molecule has 120 valence electrons. The van der Waals surface area contributed by atoms with Crippen LogP contribution in [0.2, 0.25) is 0 Å². The molecule has 5 nitrogen and oxygen atoms in total. The van der Waals surface area contributed by atoms with E-state index < -0.39 is 5.97 Å². The van der Waals surface area contributed by atoms with Gasteiger partial charge in [0.15, 0.2) is 6.61 Å². The third-order valence-electron chi connectivity index (χ3n) is 4.18. The van der Waals surface area contributed by atoms with E-state index in [-0.39, 0.29) is 12.5 Å². The number of ether oxygens (including phenoxy) is 1. The lowest BCUT2D eigenvalue weighted by Gasteiger charge is -2.13. The molecule has 0 aliphatic heterocycles. The number of carboxylic acid groups (broad SMARTS) is 1. The van der Waals surface area contributed by atoms with Crippen molar-refractivity contribution in [3.63, 3.8) is 0 Å². The van der Waals surface area contributed by atoms with Crippen LogP contribution in [0.1, 0.15) is 47.7 Å². The predicted octanol–water partition coefficient (Wildman–Crippen LogP) is 2.69. The highest BCUT2D eigenvalue weighted by atomic mass is 16.5. The first-order valence-corrected chi connectivity index (χ1v) is 7.55. The molecule has 1 aromatic rings. The van der Waals surface area contributed by atoms with Crippen molar-refractivity contribution in [3.8, 4) is 5.75 Å². The van der Waals surface area contributed by atoms with Crippen molar-refractivity contribution in [1.29, 1.82) is 0 Å². The van der Waals surface area contributed by atoms with Gasteiger partial charge in [-0.3, -0.25) is 4.79 Å². The Bertz CT molecular complexity index is 567. The fourth-order valence-corrected chi connectivity index (χ4v) is 2.49. The zero-order valence-corrected chi connectivity index (χ0v) is 13.4. The maximum absolute atomic E-state index is 12.2. The number of aliphatic carboxylic acids is 1. The predicted molar refractivity (Wildman–Crippen MR) is 83.3 cm³/mol. The summed E-state index contributed by atoms with van der Waals surface area (Å²) in [6.45, 7) is 6.16. The van der Waals surface area contributed by atoms with Gasteiger partial charge in [0, 0.05) is 12.1 Å². The van der Waals surface area contributed by atoms with Crippen LogP contribution in [-0.4, -0.2) is 30.1 Å². The van der Waals surface area contributed by atoms with Gasteiger partial charge in [0.1, 0.15) is 5.75 Å². The van der Waals surface area contributed by atoms with Crippen LogP contribution in [0.5, 0.6) is 5.75 Å². The molecule has 5 heteroatoms. The minimum absolute atomic E-state index is 0.0970. The van der Waals surface area contributed by atoms with Crippen molar-refractivity contribution >= 4 is 11.9 Å². The van der Waals surface area contributed by atoms with Crippen molar-refractivity contribution in [2.24, 2.45) is 5.41 Å². The second kappa shape index (κ2) is 6.38. The molecule has 1 amide bonds. The SMILES string of the molecule is Cc1cc(C(=O)NCCC2(C)CC2)cc(C)c1OCC(=O)O. The van der Waals surface area contributed by atoms with Gasteiger partial charge in [0.2, 0.25) is 0 Å². The van der Waals surface area contributed by atoms with Crippen LogP contribution in [0, 0.1) is 19.3 Å². The number of hydrogen-bond acceptors (Lipinski definition) is 3. The number of carbonyl (C=O) groups is 2. The lowest BCUT2D eigenvalue weighted by atomic mass is 10.0. The van der Waals surface area contributed by atoms with E-state index >= 15 is 0 Å². The van der Waals surface area contributed by atoms with Crippen LogP contribution in [0.3, 0.4) is 0 Å². The molecule has 22 heavy (non-hydrogen) atoms. The first kappa shape index (κ1) is 16.3. The molecular formula is C17H23NO4. The lowest BCUT2D eigenvalue weighted by Crippen LogP contribution is -2.26. The molecule has 1 aliphatic carbocycles. The molecule has 0 bridgehead atoms. The maximum Gasteiger partial charge on any atom is 0.341 e. The van der Waals surface area contributed by atoms with Gasteiger partial charge in [-0.05, 0) is 61.8 Å². The Balaban J connectivity index is 1.98. The number of carbonyl (C=O) groups excluding carboxylic acids is 1. The normalized spacial score (nSPS) is 15.2. The minimum atomic E-state index is -1.02. The lowest BCUT2D eigenvalue weighted by molar-refractivity contribution is -0.139. The summed E-state index contributed by atoms with van der Waals surface area (Å²) in [6.07, 6.45) is 3.50. The minimum Gasteiger partial charge on any atom is -0.481 e. The van der Waals surface area contributed by atoms with Crippen molar-refractivity contribution < 1.29 is 19.4 Å². The quantitative estimate of drug-likeness (QED) is 0.812. The summed E-state index contributed by atoms with van der Waals surface area (Å²) in [5.41, 5.74) is 2.54. The number of carboxylic acids is 1. The van der Waals surface area contributed by atoms with Gasteiger partial charge < -0.3 is 15.2 Å². The third-order valence-corrected chi connectivity index (χ3v) is 4.18. The van der Waals surface area contributed by atoms with Crippen molar-refractivity contribution in [1.82, 2.24) is 5.32 Å². The van der Waals surface area contributed by atoms with Crippen LogP contribution < -0.4 is 10.1 Å². The van der Waals surface area contributed by atoms with Gasteiger partial charge >= 0.3 is 5.97 Å². The molecule has 0 heterocycles. The summed E-state index contributed by atoms with van der Waals surface area (Å²) in [6, 6.07) is 3.47. The Morgan fingerprint density at radius 2 is 1.86 bits per heavy atom. The highest BCUT2D eigenvalue weighted by Gasteiger charge is 2.36. The maximum atomic E-state index is 12.2. The second-order valence-electron chi connectivity index (χ2n) is 6.44. The summed E-state index contributed by atoms with van der Waals surface area (Å²) in [4.78, 5) is 22.8. The first-order chi connectivity index (χ1) is 10.3.